The molecule has 23 heavy (non-hydrogen) atoms. The summed E-state index contributed by atoms with van der Waals surface area (Å²) in [7, 11) is 0. The Morgan fingerprint density at radius 2 is 2.04 bits per heavy atom. The van der Waals surface area contributed by atoms with Gasteiger partial charge in [-0.2, -0.15) is 0 Å². The third kappa shape index (κ3) is 4.55. The van der Waals surface area contributed by atoms with Gasteiger partial charge in [0.15, 0.2) is 0 Å². The molecule has 2 amide bonds. The van der Waals surface area contributed by atoms with Gasteiger partial charge in [0.25, 0.3) is 5.91 Å². The number of rotatable bonds is 7. The first kappa shape index (κ1) is 17.0. The summed E-state index contributed by atoms with van der Waals surface area (Å²) in [6.07, 6.45) is 1.92. The first-order valence-electron chi connectivity index (χ1n) is 7.87. The van der Waals surface area contributed by atoms with Crippen LogP contribution >= 0.6 is 0 Å². The van der Waals surface area contributed by atoms with Gasteiger partial charge in [-0.1, -0.05) is 26.3 Å². The van der Waals surface area contributed by atoms with Gasteiger partial charge in [0.2, 0.25) is 5.91 Å². The molecule has 0 aliphatic heterocycles. The average molecular weight is 318 g/mol. The maximum Gasteiger partial charge on any atom is 0.326 e. The fourth-order valence-corrected chi connectivity index (χ4v) is 2.45. The number of nitrogens with one attached hydrogen (secondary N) is 2. The van der Waals surface area contributed by atoms with Crippen LogP contribution in [0.2, 0.25) is 0 Å². The molecule has 0 radical (unpaired) electrons. The Labute approximate surface area is 135 Å². The molecule has 1 aromatic rings. The van der Waals surface area contributed by atoms with Gasteiger partial charge in [0, 0.05) is 17.2 Å². The normalized spacial score (nSPS) is 20.4. The van der Waals surface area contributed by atoms with Crippen molar-refractivity contribution in [3.8, 4) is 0 Å². The zero-order chi connectivity index (χ0) is 17.0. The van der Waals surface area contributed by atoms with Crippen molar-refractivity contribution in [1.82, 2.24) is 5.32 Å². The van der Waals surface area contributed by atoms with E-state index in [0.29, 0.717) is 30.0 Å². The Kier molecular flexibility index (Phi) is 5.36. The fraction of sp³-hybridized carbons (Fsp3) is 0.471. The van der Waals surface area contributed by atoms with Gasteiger partial charge in [0.05, 0.1) is 0 Å². The van der Waals surface area contributed by atoms with Crippen molar-refractivity contribution in [2.45, 2.75) is 39.2 Å². The number of carboxylic acid groups (broad SMARTS) is 1. The predicted octanol–water partition coefficient (Wildman–Crippen LogP) is 2.26. The Morgan fingerprint density at radius 1 is 1.35 bits per heavy atom. The molecule has 0 heterocycles. The minimum atomic E-state index is -1.05. The van der Waals surface area contributed by atoms with E-state index in [2.05, 4.69) is 10.6 Å². The smallest absolute Gasteiger partial charge is 0.326 e. The van der Waals surface area contributed by atoms with E-state index in [4.69, 9.17) is 5.11 Å². The van der Waals surface area contributed by atoms with Crippen LogP contribution in [0.15, 0.2) is 24.3 Å². The summed E-state index contributed by atoms with van der Waals surface area (Å²) in [6.45, 7) is 3.88. The number of benzene rings is 1. The minimum absolute atomic E-state index is 0.0375. The minimum Gasteiger partial charge on any atom is -0.480 e. The lowest BCUT2D eigenvalue weighted by atomic mass is 10.1. The molecule has 2 rings (SSSR count). The number of carbonyl (C=O) groups is 3. The number of hydrogen-bond donors (Lipinski definition) is 3. The molecular weight excluding hydrogens is 296 g/mol. The molecule has 6 heteroatoms. The van der Waals surface area contributed by atoms with Crippen LogP contribution in [-0.4, -0.2) is 28.9 Å². The number of hydrogen-bond acceptors (Lipinski definition) is 3. The van der Waals surface area contributed by atoms with Gasteiger partial charge >= 0.3 is 5.97 Å². The van der Waals surface area contributed by atoms with E-state index >= 15 is 0 Å². The van der Waals surface area contributed by atoms with Crippen molar-refractivity contribution in [2.24, 2.45) is 11.8 Å². The molecule has 0 bridgehead atoms. The summed E-state index contributed by atoms with van der Waals surface area (Å²) in [4.78, 5) is 35.2. The molecule has 0 spiro atoms. The van der Waals surface area contributed by atoms with Crippen molar-refractivity contribution in [3.05, 3.63) is 29.8 Å². The summed E-state index contributed by atoms with van der Waals surface area (Å²) in [5, 5.41) is 14.4. The maximum absolute atomic E-state index is 12.2. The number of amides is 2. The molecule has 3 atom stereocenters. The summed E-state index contributed by atoms with van der Waals surface area (Å²) >= 11 is 0. The largest absolute Gasteiger partial charge is 0.480 e. The van der Waals surface area contributed by atoms with Crippen molar-refractivity contribution in [2.75, 3.05) is 5.32 Å². The van der Waals surface area contributed by atoms with Crippen LogP contribution in [-0.2, 0) is 9.59 Å². The summed E-state index contributed by atoms with van der Waals surface area (Å²) in [5.41, 5.74) is 0.873. The highest BCUT2D eigenvalue weighted by Gasteiger charge is 2.39. The maximum atomic E-state index is 12.2. The van der Waals surface area contributed by atoms with Crippen LogP contribution in [0, 0.1) is 11.8 Å². The van der Waals surface area contributed by atoms with Crippen LogP contribution in [0.1, 0.15) is 43.5 Å². The van der Waals surface area contributed by atoms with E-state index in [1.807, 2.05) is 13.8 Å². The quantitative estimate of drug-likeness (QED) is 0.718. The number of carboxylic acids is 1. The molecule has 1 aromatic carbocycles. The standard InChI is InChI=1S/C17H22N2O4/c1-3-5-14(17(22)23)19-15(20)11-6-4-7-12(9-11)18-16(21)13-8-10(13)2/h4,6-7,9-10,13-14H,3,5,8H2,1-2H3,(H,18,21)(H,19,20)(H,22,23). The highest BCUT2D eigenvalue weighted by atomic mass is 16.4. The average Bonchev–Trinajstić information content (AvgIpc) is 3.24. The second-order valence-corrected chi connectivity index (χ2v) is 6.04. The fourth-order valence-electron chi connectivity index (χ4n) is 2.45. The van der Waals surface area contributed by atoms with E-state index in [1.165, 1.54) is 0 Å². The molecule has 3 unspecified atom stereocenters. The number of anilines is 1. The molecule has 1 fully saturated rings. The highest BCUT2D eigenvalue weighted by Crippen LogP contribution is 2.38. The Balaban J connectivity index is 2.01. The third-order valence-corrected chi connectivity index (χ3v) is 4.02. The van der Waals surface area contributed by atoms with Crippen LogP contribution in [0.25, 0.3) is 0 Å². The predicted molar refractivity (Wildman–Crippen MR) is 86.1 cm³/mol. The van der Waals surface area contributed by atoms with Crippen LogP contribution in [0.4, 0.5) is 5.69 Å². The molecule has 0 saturated heterocycles. The first-order chi connectivity index (χ1) is 10.9. The van der Waals surface area contributed by atoms with Crippen molar-refractivity contribution in [3.63, 3.8) is 0 Å². The summed E-state index contributed by atoms with van der Waals surface area (Å²) < 4.78 is 0. The van der Waals surface area contributed by atoms with Gasteiger partial charge < -0.3 is 15.7 Å². The zero-order valence-electron chi connectivity index (χ0n) is 13.3. The number of aliphatic carboxylic acids is 1. The Hall–Kier alpha value is -2.37. The van der Waals surface area contributed by atoms with Crippen LogP contribution in [0.3, 0.4) is 0 Å². The SMILES string of the molecule is CCCC(NC(=O)c1cccc(NC(=O)C2CC2C)c1)C(=O)O. The first-order valence-corrected chi connectivity index (χ1v) is 7.87. The van der Waals surface area contributed by atoms with Gasteiger partial charge in [0.1, 0.15) is 6.04 Å². The van der Waals surface area contributed by atoms with Gasteiger partial charge in [-0.25, -0.2) is 4.79 Å². The molecular formula is C17H22N2O4. The van der Waals surface area contributed by atoms with Crippen molar-refractivity contribution >= 4 is 23.5 Å². The van der Waals surface area contributed by atoms with Gasteiger partial charge in [-0.3, -0.25) is 9.59 Å². The second-order valence-electron chi connectivity index (χ2n) is 6.04. The molecule has 1 aliphatic carbocycles. The van der Waals surface area contributed by atoms with Gasteiger partial charge in [-0.15, -0.1) is 0 Å². The Bertz CT molecular complexity index is 614. The lowest BCUT2D eigenvalue weighted by Gasteiger charge is -2.14. The van der Waals surface area contributed by atoms with Crippen molar-refractivity contribution in [1.29, 1.82) is 0 Å². The lowest BCUT2D eigenvalue weighted by molar-refractivity contribution is -0.139. The van der Waals surface area contributed by atoms with E-state index in [1.54, 1.807) is 24.3 Å². The van der Waals surface area contributed by atoms with Crippen LogP contribution < -0.4 is 10.6 Å². The zero-order valence-corrected chi connectivity index (χ0v) is 13.3. The summed E-state index contributed by atoms with van der Waals surface area (Å²) in [5.74, 6) is -1.08. The van der Waals surface area contributed by atoms with E-state index < -0.39 is 17.9 Å². The highest BCUT2D eigenvalue weighted by molar-refractivity contribution is 5.99. The summed E-state index contributed by atoms with van der Waals surface area (Å²) in [6, 6.07) is 5.62. The van der Waals surface area contributed by atoms with Gasteiger partial charge in [-0.05, 0) is 37.0 Å². The molecule has 6 nitrogen and oxygen atoms in total. The molecule has 0 aromatic heterocycles. The molecule has 1 saturated carbocycles. The van der Waals surface area contributed by atoms with Crippen molar-refractivity contribution < 1.29 is 19.5 Å². The molecule has 3 N–H and O–H groups in total. The topological polar surface area (TPSA) is 95.5 Å². The number of carbonyl (C=O) groups excluding carboxylic acids is 2. The Morgan fingerprint density at radius 3 is 2.61 bits per heavy atom. The second kappa shape index (κ2) is 7.26. The van der Waals surface area contributed by atoms with E-state index in [0.717, 1.165) is 6.42 Å². The lowest BCUT2D eigenvalue weighted by Crippen LogP contribution is -2.40. The monoisotopic (exact) mass is 318 g/mol. The third-order valence-electron chi connectivity index (χ3n) is 4.02. The molecule has 124 valence electrons. The van der Waals surface area contributed by atoms with Crippen LogP contribution in [0.5, 0.6) is 0 Å². The molecule has 1 aliphatic rings. The van der Waals surface area contributed by atoms with E-state index in [-0.39, 0.29) is 11.8 Å². The van der Waals surface area contributed by atoms with E-state index in [9.17, 15) is 14.4 Å².